The van der Waals surface area contributed by atoms with Crippen molar-refractivity contribution < 1.29 is 17.9 Å². The monoisotopic (exact) mass is 429 g/mol. The number of hydrogen-bond acceptors (Lipinski definition) is 5. The van der Waals surface area contributed by atoms with E-state index in [1.54, 1.807) is 38.4 Å². The van der Waals surface area contributed by atoms with Gasteiger partial charge in [-0.25, -0.2) is 13.2 Å². The van der Waals surface area contributed by atoms with Crippen LogP contribution in [0.25, 0.3) is 11.0 Å². The summed E-state index contributed by atoms with van der Waals surface area (Å²) in [6, 6.07) is 9.70. The molecule has 0 unspecified atom stereocenters. The number of anilines is 1. The Balaban J connectivity index is 1.44. The maximum absolute atomic E-state index is 13.0. The van der Waals surface area contributed by atoms with Crippen molar-refractivity contribution in [2.24, 2.45) is 14.1 Å². The third-order valence-corrected chi connectivity index (χ3v) is 7.34. The standard InChI is InChI=1S/C21H23N3O5S/c1-23-16-8-7-15(13-17(16)24(2)20(23)25)30(26,27)22-14-6-9-18-19(12-14)29-21(28-18)10-4-3-5-11-21/h6-9,12-13,22H,3-5,10-11H2,1-2H3. The smallest absolute Gasteiger partial charge is 0.328 e. The van der Waals surface area contributed by atoms with Gasteiger partial charge in [-0.2, -0.15) is 0 Å². The molecule has 0 bridgehead atoms. The molecular formula is C21H23N3O5S. The highest BCUT2D eigenvalue weighted by molar-refractivity contribution is 7.92. The first-order chi connectivity index (χ1) is 14.3. The molecule has 2 heterocycles. The molecule has 0 radical (unpaired) electrons. The van der Waals surface area contributed by atoms with Crippen molar-refractivity contribution >= 4 is 26.7 Å². The molecule has 0 amide bonds. The van der Waals surface area contributed by atoms with E-state index >= 15 is 0 Å². The number of nitrogens with zero attached hydrogens (tertiary/aromatic N) is 2. The molecule has 2 aliphatic rings. The summed E-state index contributed by atoms with van der Waals surface area (Å²) < 4.78 is 43.6. The van der Waals surface area contributed by atoms with Gasteiger partial charge in [-0.05, 0) is 43.2 Å². The van der Waals surface area contributed by atoms with Crippen molar-refractivity contribution in [1.82, 2.24) is 9.13 Å². The molecule has 1 fully saturated rings. The largest absolute Gasteiger partial charge is 0.448 e. The zero-order chi connectivity index (χ0) is 21.1. The molecule has 0 atom stereocenters. The number of hydrogen-bond donors (Lipinski definition) is 1. The number of fused-ring (bicyclic) bond motifs is 2. The lowest BCUT2D eigenvalue weighted by Gasteiger charge is -2.31. The first-order valence-electron chi connectivity index (χ1n) is 9.98. The van der Waals surface area contributed by atoms with Crippen LogP contribution in [0.3, 0.4) is 0 Å². The van der Waals surface area contributed by atoms with Gasteiger partial charge in [-0.3, -0.25) is 13.9 Å². The Morgan fingerprint density at radius 3 is 2.37 bits per heavy atom. The van der Waals surface area contributed by atoms with Crippen LogP contribution >= 0.6 is 0 Å². The number of rotatable bonds is 3. The number of benzene rings is 2. The second-order valence-corrected chi connectivity index (χ2v) is 9.68. The van der Waals surface area contributed by atoms with E-state index < -0.39 is 15.8 Å². The van der Waals surface area contributed by atoms with E-state index in [1.807, 2.05) is 0 Å². The average Bonchev–Trinajstić information content (AvgIpc) is 3.17. The molecule has 158 valence electrons. The summed E-state index contributed by atoms with van der Waals surface area (Å²) in [5, 5.41) is 0. The molecule has 1 aliphatic heterocycles. The van der Waals surface area contributed by atoms with Crippen LogP contribution in [0.2, 0.25) is 0 Å². The maximum Gasteiger partial charge on any atom is 0.328 e. The van der Waals surface area contributed by atoms with Gasteiger partial charge in [0.15, 0.2) is 11.5 Å². The van der Waals surface area contributed by atoms with Gasteiger partial charge < -0.3 is 9.47 Å². The Kier molecular flexibility index (Phi) is 4.15. The lowest BCUT2D eigenvalue weighted by Crippen LogP contribution is -2.40. The van der Waals surface area contributed by atoms with E-state index in [1.165, 1.54) is 27.7 Å². The third kappa shape index (κ3) is 2.96. The second kappa shape index (κ2) is 6.53. The highest BCUT2D eigenvalue weighted by Gasteiger charge is 2.42. The molecular weight excluding hydrogens is 406 g/mol. The first kappa shape index (κ1) is 19.0. The fourth-order valence-electron chi connectivity index (χ4n) is 4.32. The van der Waals surface area contributed by atoms with Crippen LogP contribution in [0.4, 0.5) is 5.69 Å². The number of nitrogens with one attached hydrogen (secondary N) is 1. The topological polar surface area (TPSA) is 91.6 Å². The van der Waals surface area contributed by atoms with E-state index in [4.69, 9.17) is 9.47 Å². The van der Waals surface area contributed by atoms with Crippen LogP contribution in [0.1, 0.15) is 32.1 Å². The van der Waals surface area contributed by atoms with Crippen LogP contribution < -0.4 is 19.9 Å². The number of imidazole rings is 1. The predicted molar refractivity (Wildman–Crippen MR) is 112 cm³/mol. The number of aromatic nitrogens is 2. The normalized spacial score (nSPS) is 17.5. The molecule has 1 saturated carbocycles. The van der Waals surface area contributed by atoms with Gasteiger partial charge in [0.25, 0.3) is 15.8 Å². The Labute approximate surface area is 174 Å². The molecule has 1 aromatic heterocycles. The summed E-state index contributed by atoms with van der Waals surface area (Å²) in [7, 11) is -0.573. The lowest BCUT2D eigenvalue weighted by molar-refractivity contribution is -0.105. The summed E-state index contributed by atoms with van der Waals surface area (Å²) in [6.07, 6.45) is 4.94. The van der Waals surface area contributed by atoms with Crippen molar-refractivity contribution in [2.75, 3.05) is 4.72 Å². The van der Waals surface area contributed by atoms with Crippen LogP contribution in [-0.4, -0.2) is 23.3 Å². The third-order valence-electron chi connectivity index (χ3n) is 5.96. The molecule has 5 rings (SSSR count). The Morgan fingerprint density at radius 2 is 1.60 bits per heavy atom. The van der Waals surface area contributed by atoms with Crippen LogP contribution in [-0.2, 0) is 24.1 Å². The fourth-order valence-corrected chi connectivity index (χ4v) is 5.39. The van der Waals surface area contributed by atoms with Gasteiger partial charge in [0.2, 0.25) is 0 Å². The highest BCUT2D eigenvalue weighted by atomic mass is 32.2. The zero-order valence-corrected chi connectivity index (χ0v) is 17.7. The summed E-state index contributed by atoms with van der Waals surface area (Å²) >= 11 is 0. The second-order valence-electron chi connectivity index (χ2n) is 7.99. The minimum Gasteiger partial charge on any atom is -0.448 e. The van der Waals surface area contributed by atoms with E-state index in [-0.39, 0.29) is 10.6 Å². The SMILES string of the molecule is Cn1c(=O)n(C)c2cc(S(=O)(=O)Nc3ccc4c(c3)OC3(CCCCC3)O4)ccc21. The molecule has 2 aromatic carbocycles. The average molecular weight is 429 g/mol. The fraction of sp³-hybridized carbons (Fsp3) is 0.381. The Bertz CT molecular complexity index is 1320. The van der Waals surface area contributed by atoms with E-state index in [0.29, 0.717) is 28.2 Å². The quantitative estimate of drug-likeness (QED) is 0.691. The van der Waals surface area contributed by atoms with Crippen molar-refractivity contribution in [3.8, 4) is 11.5 Å². The van der Waals surface area contributed by atoms with Crippen LogP contribution in [0.15, 0.2) is 46.1 Å². The highest BCUT2D eigenvalue weighted by Crippen LogP contribution is 2.46. The van der Waals surface area contributed by atoms with Crippen molar-refractivity contribution in [2.45, 2.75) is 42.8 Å². The van der Waals surface area contributed by atoms with Gasteiger partial charge in [0, 0.05) is 33.0 Å². The zero-order valence-electron chi connectivity index (χ0n) is 16.8. The van der Waals surface area contributed by atoms with E-state index in [9.17, 15) is 13.2 Å². The van der Waals surface area contributed by atoms with Crippen LogP contribution in [0, 0.1) is 0 Å². The predicted octanol–water partition coefficient (Wildman–Crippen LogP) is 3.11. The summed E-state index contributed by atoms with van der Waals surface area (Å²) in [5.41, 5.74) is 1.41. The summed E-state index contributed by atoms with van der Waals surface area (Å²) in [4.78, 5) is 12.2. The summed E-state index contributed by atoms with van der Waals surface area (Å²) in [5.74, 6) is 0.583. The van der Waals surface area contributed by atoms with Gasteiger partial charge in [-0.1, -0.05) is 6.42 Å². The Hall–Kier alpha value is -2.94. The van der Waals surface area contributed by atoms with Gasteiger partial charge in [0.05, 0.1) is 21.6 Å². The maximum atomic E-state index is 13.0. The molecule has 3 aromatic rings. The van der Waals surface area contributed by atoms with Crippen molar-refractivity contribution in [3.05, 3.63) is 46.9 Å². The van der Waals surface area contributed by atoms with Crippen molar-refractivity contribution in [1.29, 1.82) is 0 Å². The van der Waals surface area contributed by atoms with Crippen LogP contribution in [0.5, 0.6) is 11.5 Å². The van der Waals surface area contributed by atoms with E-state index in [2.05, 4.69) is 4.72 Å². The molecule has 8 nitrogen and oxygen atoms in total. The minimum absolute atomic E-state index is 0.0811. The first-order valence-corrected chi connectivity index (χ1v) is 11.5. The number of aryl methyl sites for hydroxylation is 2. The van der Waals surface area contributed by atoms with E-state index in [0.717, 1.165) is 25.7 Å². The molecule has 1 N–H and O–H groups in total. The van der Waals surface area contributed by atoms with Gasteiger partial charge in [0.1, 0.15) is 0 Å². The lowest BCUT2D eigenvalue weighted by atomic mass is 9.94. The Morgan fingerprint density at radius 1 is 0.900 bits per heavy atom. The van der Waals surface area contributed by atoms with Gasteiger partial charge >= 0.3 is 5.69 Å². The summed E-state index contributed by atoms with van der Waals surface area (Å²) in [6.45, 7) is 0. The number of ether oxygens (including phenoxy) is 2. The molecule has 9 heteroatoms. The minimum atomic E-state index is -3.85. The molecule has 1 spiro atoms. The molecule has 0 saturated heterocycles. The number of sulfonamides is 1. The van der Waals surface area contributed by atoms with Crippen molar-refractivity contribution in [3.63, 3.8) is 0 Å². The van der Waals surface area contributed by atoms with Gasteiger partial charge in [-0.15, -0.1) is 0 Å². The molecule has 1 aliphatic carbocycles. The molecule has 30 heavy (non-hydrogen) atoms.